The van der Waals surface area contributed by atoms with Crippen LogP contribution in [-0.2, 0) is 16.8 Å². The average molecular weight is 409 g/mol. The Hall–Kier alpha value is -1.65. The molecule has 1 aromatic carbocycles. The first-order chi connectivity index (χ1) is 14.1. The molecule has 2 aromatic rings. The van der Waals surface area contributed by atoms with E-state index in [0.717, 1.165) is 38.9 Å². The predicted octanol–water partition coefficient (Wildman–Crippen LogP) is 5.14. The molecule has 1 spiro atoms. The number of nitrogens with zero attached hydrogens (tertiary/aromatic N) is 1. The van der Waals surface area contributed by atoms with Crippen molar-refractivity contribution in [2.45, 2.75) is 75.8 Å². The van der Waals surface area contributed by atoms with E-state index < -0.39 is 0 Å². The Balaban J connectivity index is 1.26. The van der Waals surface area contributed by atoms with Gasteiger partial charge in [0.2, 0.25) is 5.91 Å². The predicted molar refractivity (Wildman–Crippen MR) is 119 cm³/mol. The van der Waals surface area contributed by atoms with Crippen molar-refractivity contribution < 1.29 is 4.79 Å². The van der Waals surface area contributed by atoms with Crippen LogP contribution in [0.4, 0.5) is 0 Å². The molecule has 29 heavy (non-hydrogen) atoms. The summed E-state index contributed by atoms with van der Waals surface area (Å²) in [5.74, 6) is 0.648. The van der Waals surface area contributed by atoms with Gasteiger partial charge in [-0.2, -0.15) is 0 Å². The molecule has 2 fully saturated rings. The van der Waals surface area contributed by atoms with E-state index in [0.29, 0.717) is 18.4 Å². The molecule has 0 radical (unpaired) electrons. The molecule has 1 saturated heterocycles. The molecule has 4 heteroatoms. The number of nitrogens with one attached hydrogen (secondary N) is 1. The molecule has 0 unspecified atom stereocenters. The van der Waals surface area contributed by atoms with E-state index in [1.54, 1.807) is 0 Å². The molecular formula is C25H32N2OS. The van der Waals surface area contributed by atoms with Gasteiger partial charge in [-0.3, -0.25) is 9.69 Å². The van der Waals surface area contributed by atoms with Crippen LogP contribution in [0.5, 0.6) is 0 Å². The summed E-state index contributed by atoms with van der Waals surface area (Å²) < 4.78 is 0. The third kappa shape index (κ3) is 3.89. The normalized spacial score (nSPS) is 23.7. The third-order valence-corrected chi connectivity index (χ3v) is 8.49. The van der Waals surface area contributed by atoms with Crippen LogP contribution < -0.4 is 5.32 Å². The fraction of sp³-hybridized carbons (Fsp3) is 0.560. The number of benzene rings is 1. The summed E-state index contributed by atoms with van der Waals surface area (Å²) in [5, 5.41) is 3.26. The highest BCUT2D eigenvalue weighted by Crippen LogP contribution is 2.52. The van der Waals surface area contributed by atoms with Crippen molar-refractivity contribution in [2.75, 3.05) is 13.1 Å². The zero-order valence-electron chi connectivity index (χ0n) is 17.5. The Morgan fingerprint density at radius 2 is 1.97 bits per heavy atom. The van der Waals surface area contributed by atoms with E-state index in [4.69, 9.17) is 0 Å². The van der Waals surface area contributed by atoms with Gasteiger partial charge in [-0.25, -0.2) is 0 Å². The Labute approximate surface area is 178 Å². The number of carbonyl (C=O) groups excluding carboxylic acids is 1. The molecule has 1 amide bonds. The van der Waals surface area contributed by atoms with Crippen molar-refractivity contribution in [3.63, 3.8) is 0 Å². The zero-order valence-corrected chi connectivity index (χ0v) is 18.3. The average Bonchev–Trinajstić information content (AvgIpc) is 3.23. The van der Waals surface area contributed by atoms with E-state index >= 15 is 0 Å². The number of amides is 1. The Kier molecular flexibility index (Phi) is 5.25. The molecule has 2 aliphatic carbocycles. The van der Waals surface area contributed by atoms with Gasteiger partial charge in [0.05, 0.1) is 0 Å². The number of thiophene rings is 1. The fourth-order valence-electron chi connectivity index (χ4n) is 5.68. The number of likely N-dealkylation sites (tertiary alicyclic amines) is 1. The smallest absolute Gasteiger partial charge is 0.220 e. The minimum atomic E-state index is 0.261. The second-order valence-corrected chi connectivity index (χ2v) is 10.8. The van der Waals surface area contributed by atoms with Gasteiger partial charge in [0, 0.05) is 28.8 Å². The third-order valence-electron chi connectivity index (χ3n) is 7.50. The van der Waals surface area contributed by atoms with E-state index in [2.05, 4.69) is 53.5 Å². The van der Waals surface area contributed by atoms with E-state index in [1.807, 2.05) is 11.3 Å². The van der Waals surface area contributed by atoms with Crippen molar-refractivity contribution >= 4 is 17.2 Å². The largest absolute Gasteiger partial charge is 0.353 e. The lowest BCUT2D eigenvalue weighted by Crippen LogP contribution is -2.41. The van der Waals surface area contributed by atoms with Crippen LogP contribution in [0.2, 0.25) is 0 Å². The molecule has 0 bridgehead atoms. The van der Waals surface area contributed by atoms with Gasteiger partial charge in [0.15, 0.2) is 0 Å². The second kappa shape index (κ2) is 7.88. The van der Waals surface area contributed by atoms with Crippen LogP contribution >= 0.6 is 11.3 Å². The minimum Gasteiger partial charge on any atom is -0.353 e. The van der Waals surface area contributed by atoms with Crippen LogP contribution in [0, 0.1) is 6.92 Å². The number of aryl methyl sites for hydroxylation is 1. The van der Waals surface area contributed by atoms with Gasteiger partial charge in [0.1, 0.15) is 0 Å². The van der Waals surface area contributed by atoms with Crippen LogP contribution in [0.3, 0.4) is 0 Å². The first-order valence-electron chi connectivity index (χ1n) is 11.3. The van der Waals surface area contributed by atoms with Crippen LogP contribution in [0.1, 0.15) is 71.7 Å². The quantitative estimate of drug-likeness (QED) is 0.743. The number of rotatable bonds is 5. The van der Waals surface area contributed by atoms with E-state index in [-0.39, 0.29) is 11.3 Å². The van der Waals surface area contributed by atoms with Gasteiger partial charge in [-0.1, -0.05) is 24.3 Å². The molecule has 3 aliphatic rings. The van der Waals surface area contributed by atoms with E-state index in [1.165, 1.54) is 40.1 Å². The lowest BCUT2D eigenvalue weighted by Gasteiger charge is -2.40. The van der Waals surface area contributed by atoms with Crippen molar-refractivity contribution in [3.05, 3.63) is 57.3 Å². The number of hydrogen-bond acceptors (Lipinski definition) is 3. The van der Waals surface area contributed by atoms with Gasteiger partial charge < -0.3 is 5.32 Å². The topological polar surface area (TPSA) is 32.3 Å². The molecule has 1 aromatic heterocycles. The van der Waals surface area contributed by atoms with Crippen molar-refractivity contribution in [1.82, 2.24) is 10.2 Å². The first kappa shape index (κ1) is 19.3. The molecule has 5 rings (SSSR count). The highest BCUT2D eigenvalue weighted by atomic mass is 32.1. The minimum absolute atomic E-state index is 0.261. The molecule has 1 aliphatic heterocycles. The van der Waals surface area contributed by atoms with Gasteiger partial charge in [0.25, 0.3) is 0 Å². The van der Waals surface area contributed by atoms with Crippen molar-refractivity contribution in [2.24, 2.45) is 0 Å². The molecule has 3 nitrogen and oxygen atoms in total. The zero-order chi connectivity index (χ0) is 19.8. The lowest BCUT2D eigenvalue weighted by molar-refractivity contribution is -0.122. The SMILES string of the molecule is Cc1ccc(CN2CCC3(CC2)C[C@@H](CC(=O)NC2CCC2)c2ccccc23)s1. The highest BCUT2D eigenvalue weighted by molar-refractivity contribution is 7.11. The molecule has 1 N–H and O–H groups in total. The number of carbonyl (C=O) groups is 1. The lowest BCUT2D eigenvalue weighted by atomic mass is 9.73. The summed E-state index contributed by atoms with van der Waals surface area (Å²) in [5.41, 5.74) is 3.26. The summed E-state index contributed by atoms with van der Waals surface area (Å²) in [6.07, 6.45) is 7.84. The maximum Gasteiger partial charge on any atom is 0.220 e. The maximum atomic E-state index is 12.6. The van der Waals surface area contributed by atoms with Gasteiger partial charge >= 0.3 is 0 Å². The Morgan fingerprint density at radius 1 is 1.17 bits per heavy atom. The van der Waals surface area contributed by atoms with Gasteiger partial charge in [-0.05, 0) is 93.1 Å². The summed E-state index contributed by atoms with van der Waals surface area (Å²) >= 11 is 1.93. The van der Waals surface area contributed by atoms with Crippen molar-refractivity contribution in [3.8, 4) is 0 Å². The maximum absolute atomic E-state index is 12.6. The van der Waals surface area contributed by atoms with Gasteiger partial charge in [-0.15, -0.1) is 11.3 Å². The highest BCUT2D eigenvalue weighted by Gasteiger charge is 2.45. The van der Waals surface area contributed by atoms with Crippen LogP contribution in [0.25, 0.3) is 0 Å². The Morgan fingerprint density at radius 3 is 2.66 bits per heavy atom. The fourth-order valence-corrected chi connectivity index (χ4v) is 6.61. The summed E-state index contributed by atoms with van der Waals surface area (Å²) in [6.45, 7) is 5.60. The summed E-state index contributed by atoms with van der Waals surface area (Å²) in [6, 6.07) is 13.9. The summed E-state index contributed by atoms with van der Waals surface area (Å²) in [7, 11) is 0. The number of hydrogen-bond donors (Lipinski definition) is 1. The molecular weight excluding hydrogens is 376 g/mol. The standard InChI is InChI=1S/C25H32N2OS/c1-18-9-10-21(29-18)17-27-13-11-25(12-14-27)16-19(22-7-2-3-8-23(22)25)15-24(28)26-20-5-4-6-20/h2-3,7-10,19-20H,4-6,11-17H2,1H3,(H,26,28)/t19-/m1/s1. The second-order valence-electron chi connectivity index (χ2n) is 9.46. The molecule has 1 atom stereocenters. The molecule has 154 valence electrons. The van der Waals surface area contributed by atoms with Crippen LogP contribution in [0.15, 0.2) is 36.4 Å². The monoisotopic (exact) mass is 408 g/mol. The van der Waals surface area contributed by atoms with Crippen molar-refractivity contribution in [1.29, 1.82) is 0 Å². The molecule has 1 saturated carbocycles. The number of piperidine rings is 1. The Bertz CT molecular complexity index is 876. The van der Waals surface area contributed by atoms with E-state index in [9.17, 15) is 4.79 Å². The summed E-state index contributed by atoms with van der Waals surface area (Å²) in [4.78, 5) is 18.1. The first-order valence-corrected chi connectivity index (χ1v) is 12.1. The number of fused-ring (bicyclic) bond motifs is 2. The van der Waals surface area contributed by atoms with Crippen LogP contribution in [-0.4, -0.2) is 29.9 Å². The molecule has 2 heterocycles.